The summed E-state index contributed by atoms with van der Waals surface area (Å²) in [5.74, 6) is -0.525. The lowest BCUT2D eigenvalue weighted by molar-refractivity contribution is -0.140. The van der Waals surface area contributed by atoms with Gasteiger partial charge >= 0.3 is 5.97 Å². The Bertz CT molecular complexity index is 463. The zero-order valence-corrected chi connectivity index (χ0v) is 11.9. The second-order valence-electron chi connectivity index (χ2n) is 3.79. The molecule has 0 fully saturated rings. The quantitative estimate of drug-likeness (QED) is 0.677. The molecule has 98 valence electrons. The van der Waals surface area contributed by atoms with Gasteiger partial charge in [-0.1, -0.05) is 0 Å². The monoisotopic (exact) mass is 314 g/mol. The summed E-state index contributed by atoms with van der Waals surface area (Å²) in [4.78, 5) is 24.5. The van der Waals surface area contributed by atoms with Crippen LogP contribution >= 0.6 is 15.9 Å². The van der Waals surface area contributed by atoms with E-state index in [0.29, 0.717) is 17.8 Å². The summed E-state index contributed by atoms with van der Waals surface area (Å²) in [5, 5.41) is 0. The smallest absolute Gasteiger partial charge is 0.307 e. The highest BCUT2D eigenvalue weighted by Crippen LogP contribution is 2.20. The fourth-order valence-electron chi connectivity index (χ4n) is 1.36. The lowest BCUT2D eigenvalue weighted by atomic mass is 10.2. The van der Waals surface area contributed by atoms with Crippen LogP contribution in [0.1, 0.15) is 16.8 Å². The molecule has 0 saturated carbocycles. The number of anilines is 1. The minimum atomic E-state index is -0.343. The van der Waals surface area contributed by atoms with Gasteiger partial charge in [0, 0.05) is 29.3 Å². The van der Waals surface area contributed by atoms with Crippen molar-refractivity contribution in [2.45, 2.75) is 6.42 Å². The minimum Gasteiger partial charge on any atom is -0.469 e. The van der Waals surface area contributed by atoms with Gasteiger partial charge in [0.1, 0.15) is 0 Å². The van der Waals surface area contributed by atoms with Gasteiger partial charge in [0.05, 0.1) is 13.5 Å². The van der Waals surface area contributed by atoms with E-state index in [-0.39, 0.29) is 18.3 Å². The first kappa shape index (κ1) is 14.5. The van der Waals surface area contributed by atoms with Gasteiger partial charge in [-0.25, -0.2) is 0 Å². The number of nitrogen functional groups attached to an aromatic ring is 1. The molecule has 2 N–H and O–H groups in total. The Labute approximate surface area is 114 Å². The molecular weight excluding hydrogens is 300 g/mol. The van der Waals surface area contributed by atoms with Crippen molar-refractivity contribution in [1.82, 2.24) is 4.90 Å². The predicted molar refractivity (Wildman–Crippen MR) is 72.1 cm³/mol. The van der Waals surface area contributed by atoms with E-state index in [4.69, 9.17) is 5.73 Å². The van der Waals surface area contributed by atoms with E-state index < -0.39 is 0 Å². The molecule has 1 amide bonds. The van der Waals surface area contributed by atoms with Crippen LogP contribution < -0.4 is 5.73 Å². The van der Waals surface area contributed by atoms with Crippen LogP contribution in [0.15, 0.2) is 22.7 Å². The number of methoxy groups -OCH3 is 1. The van der Waals surface area contributed by atoms with Gasteiger partial charge < -0.3 is 15.4 Å². The van der Waals surface area contributed by atoms with Gasteiger partial charge in [-0.05, 0) is 34.1 Å². The first-order chi connectivity index (χ1) is 8.45. The molecule has 1 aromatic rings. The Kier molecular flexibility index (Phi) is 5.15. The average molecular weight is 315 g/mol. The highest BCUT2D eigenvalue weighted by Gasteiger charge is 2.14. The fourth-order valence-corrected chi connectivity index (χ4v) is 1.61. The average Bonchev–Trinajstić information content (AvgIpc) is 2.37. The third-order valence-electron chi connectivity index (χ3n) is 2.47. The van der Waals surface area contributed by atoms with E-state index >= 15 is 0 Å². The topological polar surface area (TPSA) is 72.6 Å². The van der Waals surface area contributed by atoms with E-state index in [1.807, 2.05) is 0 Å². The largest absolute Gasteiger partial charge is 0.469 e. The molecule has 1 aromatic carbocycles. The molecule has 0 atom stereocenters. The molecular formula is C12H15BrN2O3. The molecule has 18 heavy (non-hydrogen) atoms. The zero-order chi connectivity index (χ0) is 13.7. The van der Waals surface area contributed by atoms with E-state index in [2.05, 4.69) is 20.7 Å². The first-order valence-electron chi connectivity index (χ1n) is 5.33. The number of amides is 1. The van der Waals surface area contributed by atoms with Crippen molar-refractivity contribution in [3.05, 3.63) is 28.2 Å². The normalized spacial score (nSPS) is 9.94. The molecule has 0 unspecified atom stereocenters. The maximum Gasteiger partial charge on any atom is 0.307 e. The van der Waals surface area contributed by atoms with Crippen molar-refractivity contribution in [2.24, 2.45) is 0 Å². The number of nitrogens with zero attached hydrogens (tertiary/aromatic N) is 1. The van der Waals surface area contributed by atoms with Crippen molar-refractivity contribution in [2.75, 3.05) is 26.4 Å². The number of carbonyl (C=O) groups excluding carboxylic acids is 2. The van der Waals surface area contributed by atoms with Crippen LogP contribution in [0.3, 0.4) is 0 Å². The molecule has 0 aromatic heterocycles. The summed E-state index contributed by atoms with van der Waals surface area (Å²) in [6.07, 6.45) is 0.171. The van der Waals surface area contributed by atoms with Crippen LogP contribution in [0.4, 0.5) is 5.69 Å². The van der Waals surface area contributed by atoms with Crippen LogP contribution in [0.25, 0.3) is 0 Å². The fraction of sp³-hybridized carbons (Fsp3) is 0.333. The van der Waals surface area contributed by atoms with E-state index in [0.717, 1.165) is 4.47 Å². The van der Waals surface area contributed by atoms with Crippen LogP contribution in [-0.2, 0) is 9.53 Å². The predicted octanol–water partition coefficient (Wildman–Crippen LogP) is 1.67. The van der Waals surface area contributed by atoms with Gasteiger partial charge in [0.2, 0.25) is 0 Å². The van der Waals surface area contributed by atoms with Crippen LogP contribution in [0, 0.1) is 0 Å². The van der Waals surface area contributed by atoms with E-state index in [1.165, 1.54) is 12.0 Å². The molecule has 0 spiro atoms. The summed E-state index contributed by atoms with van der Waals surface area (Å²) in [5.41, 5.74) is 6.70. The van der Waals surface area contributed by atoms with Gasteiger partial charge in [-0.2, -0.15) is 0 Å². The molecule has 1 rings (SSSR count). The van der Waals surface area contributed by atoms with Crippen LogP contribution in [-0.4, -0.2) is 37.5 Å². The van der Waals surface area contributed by atoms with Crippen molar-refractivity contribution in [3.63, 3.8) is 0 Å². The standard InChI is InChI=1S/C12H15BrN2O3/c1-15(6-5-11(16)18-2)12(17)8-3-4-9(13)10(14)7-8/h3-4,7H,5-6,14H2,1-2H3. The Balaban J connectivity index is 2.68. The molecule has 0 saturated heterocycles. The molecule has 0 aliphatic heterocycles. The number of rotatable bonds is 4. The van der Waals surface area contributed by atoms with Gasteiger partial charge in [-0.3, -0.25) is 9.59 Å². The number of esters is 1. The molecule has 0 heterocycles. The van der Waals surface area contributed by atoms with Crippen LogP contribution in [0.2, 0.25) is 0 Å². The Morgan fingerprint density at radius 2 is 2.11 bits per heavy atom. The van der Waals surface area contributed by atoms with Crippen molar-refractivity contribution >= 4 is 33.5 Å². The van der Waals surface area contributed by atoms with Gasteiger partial charge in [0.15, 0.2) is 0 Å². The Morgan fingerprint density at radius 3 is 2.67 bits per heavy atom. The number of carbonyl (C=O) groups is 2. The second kappa shape index (κ2) is 6.39. The summed E-state index contributed by atoms with van der Waals surface area (Å²) >= 11 is 3.26. The molecule has 0 bridgehead atoms. The Hall–Kier alpha value is -1.56. The highest BCUT2D eigenvalue weighted by molar-refractivity contribution is 9.10. The maximum atomic E-state index is 12.0. The SMILES string of the molecule is COC(=O)CCN(C)C(=O)c1ccc(Br)c(N)c1. The zero-order valence-electron chi connectivity index (χ0n) is 10.3. The molecule has 5 nitrogen and oxygen atoms in total. The molecule has 0 radical (unpaired) electrons. The number of benzene rings is 1. The number of nitrogens with two attached hydrogens (primary N) is 1. The molecule has 0 aliphatic rings. The summed E-state index contributed by atoms with van der Waals surface area (Å²) in [6, 6.07) is 5.00. The third-order valence-corrected chi connectivity index (χ3v) is 3.19. The lowest BCUT2D eigenvalue weighted by Gasteiger charge is -2.16. The minimum absolute atomic E-state index is 0.171. The molecule has 0 aliphatic carbocycles. The third kappa shape index (κ3) is 3.73. The van der Waals surface area contributed by atoms with E-state index in [1.54, 1.807) is 25.2 Å². The van der Waals surface area contributed by atoms with Crippen molar-refractivity contribution in [3.8, 4) is 0 Å². The van der Waals surface area contributed by atoms with Crippen molar-refractivity contribution in [1.29, 1.82) is 0 Å². The van der Waals surface area contributed by atoms with E-state index in [9.17, 15) is 9.59 Å². The van der Waals surface area contributed by atoms with Gasteiger partial charge in [0.25, 0.3) is 5.91 Å². The summed E-state index contributed by atoms with van der Waals surface area (Å²) in [7, 11) is 2.95. The van der Waals surface area contributed by atoms with Crippen LogP contribution in [0.5, 0.6) is 0 Å². The van der Waals surface area contributed by atoms with Gasteiger partial charge in [-0.15, -0.1) is 0 Å². The summed E-state index contributed by atoms with van der Waals surface area (Å²) in [6.45, 7) is 0.307. The number of ether oxygens (including phenoxy) is 1. The first-order valence-corrected chi connectivity index (χ1v) is 6.12. The molecule has 6 heteroatoms. The highest BCUT2D eigenvalue weighted by atomic mass is 79.9. The lowest BCUT2D eigenvalue weighted by Crippen LogP contribution is -2.29. The second-order valence-corrected chi connectivity index (χ2v) is 4.64. The number of hydrogen-bond donors (Lipinski definition) is 1. The maximum absolute atomic E-state index is 12.0. The number of hydrogen-bond acceptors (Lipinski definition) is 4. The number of halogens is 1. The Morgan fingerprint density at radius 1 is 1.44 bits per heavy atom. The van der Waals surface area contributed by atoms with Crippen molar-refractivity contribution < 1.29 is 14.3 Å². The summed E-state index contributed by atoms with van der Waals surface area (Å²) < 4.78 is 5.26.